The van der Waals surface area contributed by atoms with E-state index in [1.54, 1.807) is 0 Å². The molecule has 1 amide bonds. The van der Waals surface area contributed by atoms with Crippen molar-refractivity contribution in [3.63, 3.8) is 0 Å². The first kappa shape index (κ1) is 18.0. The maximum atomic E-state index is 12.9. The summed E-state index contributed by atoms with van der Waals surface area (Å²) in [6.07, 6.45) is -3.50. The molecule has 0 radical (unpaired) electrons. The summed E-state index contributed by atoms with van der Waals surface area (Å²) in [5.41, 5.74) is 2.93. The average Bonchev–Trinajstić information content (AvgIpc) is 3.02. The van der Waals surface area contributed by atoms with E-state index in [0.717, 1.165) is 23.3 Å². The second-order valence-electron chi connectivity index (χ2n) is 5.23. The zero-order chi connectivity index (χ0) is 18.6. The van der Waals surface area contributed by atoms with Crippen molar-refractivity contribution < 1.29 is 18.0 Å². The minimum Gasteiger partial charge on any atom is -0.333 e. The largest absolute Gasteiger partial charge is 0.417 e. The molecule has 0 aliphatic heterocycles. The Labute approximate surface area is 150 Å². The number of imidazole rings is 1. The van der Waals surface area contributed by atoms with E-state index in [9.17, 15) is 18.0 Å². The minimum atomic E-state index is -4.48. The Morgan fingerprint density at radius 1 is 1.19 bits per heavy atom. The van der Waals surface area contributed by atoms with Crippen LogP contribution in [0.2, 0.25) is 0 Å². The number of hydrogen-bond acceptors (Lipinski definition) is 4. The second-order valence-corrected chi connectivity index (χ2v) is 6.19. The van der Waals surface area contributed by atoms with Gasteiger partial charge in [0.1, 0.15) is 0 Å². The van der Waals surface area contributed by atoms with Gasteiger partial charge in [-0.05, 0) is 18.2 Å². The fraction of sp³-hybridized carbons (Fsp3) is 0.118. The number of carbonyl (C=O) groups is 1. The summed E-state index contributed by atoms with van der Waals surface area (Å²) in [6.45, 7) is 0. The zero-order valence-electron chi connectivity index (χ0n) is 13.2. The fourth-order valence-electron chi connectivity index (χ4n) is 2.21. The van der Waals surface area contributed by atoms with Crippen LogP contribution in [-0.2, 0) is 11.0 Å². The highest BCUT2D eigenvalue weighted by Crippen LogP contribution is 2.31. The van der Waals surface area contributed by atoms with Crippen molar-refractivity contribution in [3.05, 3.63) is 59.7 Å². The van der Waals surface area contributed by atoms with E-state index >= 15 is 0 Å². The number of alkyl halides is 3. The quantitative estimate of drug-likeness (QED) is 0.403. The van der Waals surface area contributed by atoms with E-state index in [-0.39, 0.29) is 11.3 Å². The molecule has 1 aromatic heterocycles. The maximum Gasteiger partial charge on any atom is 0.417 e. The first-order chi connectivity index (χ1) is 12.4. The van der Waals surface area contributed by atoms with Gasteiger partial charge in [-0.2, -0.15) is 18.3 Å². The smallest absolute Gasteiger partial charge is 0.333 e. The Balaban J connectivity index is 1.57. The number of benzene rings is 2. The third-order valence-corrected chi connectivity index (χ3v) is 4.24. The van der Waals surface area contributed by atoms with Crippen molar-refractivity contribution in [2.75, 3.05) is 5.75 Å². The number of rotatable bonds is 5. The summed E-state index contributed by atoms with van der Waals surface area (Å²) in [5, 5.41) is 4.18. The lowest BCUT2D eigenvalue weighted by atomic mass is 10.1. The zero-order valence-corrected chi connectivity index (χ0v) is 14.1. The van der Waals surface area contributed by atoms with Gasteiger partial charge in [-0.3, -0.25) is 4.79 Å². The van der Waals surface area contributed by atoms with Crippen LogP contribution in [0.4, 0.5) is 13.2 Å². The molecule has 0 saturated carbocycles. The molecule has 1 heterocycles. The normalized spacial score (nSPS) is 12.0. The monoisotopic (exact) mass is 378 g/mol. The molecule has 0 bridgehead atoms. The first-order valence-corrected chi connectivity index (χ1v) is 8.48. The van der Waals surface area contributed by atoms with Crippen LogP contribution in [0.5, 0.6) is 0 Å². The van der Waals surface area contributed by atoms with Gasteiger partial charge >= 0.3 is 6.18 Å². The molecule has 3 rings (SSSR count). The highest BCUT2D eigenvalue weighted by Gasteiger charge is 2.32. The number of aromatic nitrogens is 2. The molecule has 0 spiro atoms. The molecule has 3 aromatic rings. The summed E-state index contributed by atoms with van der Waals surface area (Å²) in [5.74, 6) is -0.422. The van der Waals surface area contributed by atoms with E-state index < -0.39 is 17.6 Å². The van der Waals surface area contributed by atoms with E-state index in [4.69, 9.17) is 0 Å². The fourth-order valence-corrected chi connectivity index (χ4v) is 2.88. The van der Waals surface area contributed by atoms with Gasteiger partial charge in [0.2, 0.25) is 0 Å². The van der Waals surface area contributed by atoms with Crippen molar-refractivity contribution in [3.8, 4) is 0 Å². The number of nitrogens with one attached hydrogen (secondary N) is 2. The van der Waals surface area contributed by atoms with Crippen molar-refractivity contribution in [1.82, 2.24) is 15.4 Å². The summed E-state index contributed by atoms with van der Waals surface area (Å²) >= 11 is 1.18. The standard InChI is InChI=1S/C17H13F3N4OS/c18-17(19,20)12-6-2-1-5-11(12)9-21-24-15(25)10-26-16-22-13-7-3-4-8-14(13)23-16/h1-9H,10H2,(H,22,23)(H,24,25)/b21-9+. The lowest BCUT2D eigenvalue weighted by Crippen LogP contribution is -2.20. The molecule has 134 valence electrons. The Bertz CT molecular complexity index is 919. The summed E-state index contributed by atoms with van der Waals surface area (Å²) in [7, 11) is 0. The third kappa shape index (κ3) is 4.42. The van der Waals surface area contributed by atoms with Crippen molar-refractivity contribution >= 4 is 34.9 Å². The Kier molecular flexibility index (Phi) is 5.27. The minimum absolute atomic E-state index is 0.0259. The lowest BCUT2D eigenvalue weighted by molar-refractivity contribution is -0.137. The highest BCUT2D eigenvalue weighted by molar-refractivity contribution is 7.99. The van der Waals surface area contributed by atoms with Gasteiger partial charge in [0.05, 0.1) is 28.6 Å². The van der Waals surface area contributed by atoms with Crippen LogP contribution in [-0.4, -0.2) is 27.8 Å². The Morgan fingerprint density at radius 3 is 2.69 bits per heavy atom. The number of fused-ring (bicyclic) bond motifs is 1. The van der Waals surface area contributed by atoms with Gasteiger partial charge in [-0.25, -0.2) is 10.4 Å². The Morgan fingerprint density at radius 2 is 1.92 bits per heavy atom. The molecule has 0 unspecified atom stereocenters. The lowest BCUT2D eigenvalue weighted by Gasteiger charge is -2.09. The molecule has 9 heteroatoms. The molecule has 0 fully saturated rings. The summed E-state index contributed by atoms with van der Waals surface area (Å²) in [4.78, 5) is 19.2. The van der Waals surface area contributed by atoms with Crippen LogP contribution >= 0.6 is 11.8 Å². The SMILES string of the molecule is O=C(CSc1nc2ccccc2[nH]1)N/N=C/c1ccccc1C(F)(F)F. The number of aromatic amines is 1. The topological polar surface area (TPSA) is 70.1 Å². The van der Waals surface area contributed by atoms with Gasteiger partial charge in [0.25, 0.3) is 5.91 Å². The van der Waals surface area contributed by atoms with E-state index in [1.165, 1.54) is 30.0 Å². The van der Waals surface area contributed by atoms with Crippen LogP contribution in [0.1, 0.15) is 11.1 Å². The Hall–Kier alpha value is -2.81. The molecule has 0 saturated heterocycles. The van der Waals surface area contributed by atoms with Gasteiger partial charge in [-0.1, -0.05) is 42.1 Å². The first-order valence-electron chi connectivity index (χ1n) is 7.49. The van der Waals surface area contributed by atoms with Gasteiger partial charge in [-0.15, -0.1) is 0 Å². The van der Waals surface area contributed by atoms with Gasteiger partial charge < -0.3 is 4.98 Å². The third-order valence-electron chi connectivity index (χ3n) is 3.37. The maximum absolute atomic E-state index is 12.9. The van der Waals surface area contributed by atoms with Gasteiger partial charge in [0, 0.05) is 5.56 Å². The number of amides is 1. The average molecular weight is 378 g/mol. The number of hydrazone groups is 1. The number of nitrogens with zero attached hydrogens (tertiary/aromatic N) is 2. The highest BCUT2D eigenvalue weighted by atomic mass is 32.2. The molecule has 5 nitrogen and oxygen atoms in total. The van der Waals surface area contributed by atoms with Crippen molar-refractivity contribution in [1.29, 1.82) is 0 Å². The molecule has 0 aliphatic carbocycles. The van der Waals surface area contributed by atoms with Crippen molar-refractivity contribution in [2.45, 2.75) is 11.3 Å². The van der Waals surface area contributed by atoms with Crippen LogP contribution in [0.15, 0.2) is 58.8 Å². The van der Waals surface area contributed by atoms with Crippen LogP contribution in [0.25, 0.3) is 11.0 Å². The molecular formula is C17H13F3N4OS. The number of carbonyl (C=O) groups excluding carboxylic acids is 1. The summed E-state index contributed by atoms with van der Waals surface area (Å²) in [6, 6.07) is 12.4. The molecule has 0 aliphatic rings. The molecular weight excluding hydrogens is 365 g/mol. The van der Waals surface area contributed by atoms with Crippen molar-refractivity contribution in [2.24, 2.45) is 5.10 Å². The van der Waals surface area contributed by atoms with Gasteiger partial charge in [0.15, 0.2) is 5.16 Å². The predicted octanol–water partition coefficient (Wildman–Crippen LogP) is 3.82. The molecule has 26 heavy (non-hydrogen) atoms. The van der Waals surface area contributed by atoms with Crippen LogP contribution < -0.4 is 5.43 Å². The van der Waals surface area contributed by atoms with E-state index in [1.807, 2.05) is 24.3 Å². The van der Waals surface area contributed by atoms with Crippen LogP contribution in [0, 0.1) is 0 Å². The molecule has 0 atom stereocenters. The molecule has 2 aromatic carbocycles. The number of thioether (sulfide) groups is 1. The van der Waals surface area contributed by atoms with E-state index in [2.05, 4.69) is 20.5 Å². The number of hydrogen-bond donors (Lipinski definition) is 2. The summed E-state index contributed by atoms with van der Waals surface area (Å²) < 4.78 is 38.6. The number of halogens is 3. The molecule has 2 N–H and O–H groups in total. The van der Waals surface area contributed by atoms with Crippen LogP contribution in [0.3, 0.4) is 0 Å². The predicted molar refractivity (Wildman–Crippen MR) is 94.0 cm³/mol. The second kappa shape index (κ2) is 7.61. The van der Waals surface area contributed by atoms with E-state index in [0.29, 0.717) is 5.16 Å². The number of para-hydroxylation sites is 2. The number of H-pyrrole nitrogens is 1.